The number of urea groups is 1. The summed E-state index contributed by atoms with van der Waals surface area (Å²) in [6.07, 6.45) is 2.24. The molecule has 0 spiro atoms. The third-order valence-electron chi connectivity index (χ3n) is 2.86. The van der Waals surface area contributed by atoms with Gasteiger partial charge >= 0.3 is 12.0 Å². The molecule has 0 saturated heterocycles. The highest BCUT2D eigenvalue weighted by atomic mass is 32.2. The van der Waals surface area contributed by atoms with Crippen molar-refractivity contribution in [1.29, 1.82) is 0 Å². The molecule has 5 nitrogen and oxygen atoms in total. The van der Waals surface area contributed by atoms with Crippen molar-refractivity contribution in [2.24, 2.45) is 0 Å². The van der Waals surface area contributed by atoms with Crippen molar-refractivity contribution in [3.63, 3.8) is 0 Å². The Bertz CT molecular complexity index is 439. The number of nitrogens with one attached hydrogen (secondary N) is 1. The molecule has 2 N–H and O–H groups in total. The van der Waals surface area contributed by atoms with Crippen LogP contribution in [-0.4, -0.2) is 53.6 Å². The molecule has 1 atom stereocenters. The molecule has 0 aliphatic heterocycles. The molecular formula is C14H20N2O3S. The van der Waals surface area contributed by atoms with Gasteiger partial charge in [-0.25, -0.2) is 9.59 Å². The Morgan fingerprint density at radius 3 is 2.55 bits per heavy atom. The van der Waals surface area contributed by atoms with Gasteiger partial charge < -0.3 is 15.3 Å². The summed E-state index contributed by atoms with van der Waals surface area (Å²) in [4.78, 5) is 24.6. The highest BCUT2D eigenvalue weighted by molar-refractivity contribution is 7.98. The highest BCUT2D eigenvalue weighted by Crippen LogP contribution is 2.04. The molecule has 0 heterocycles. The predicted octanol–water partition coefficient (Wildman–Crippen LogP) is 1.69. The van der Waals surface area contributed by atoms with E-state index in [2.05, 4.69) is 5.32 Å². The first-order chi connectivity index (χ1) is 9.54. The lowest BCUT2D eigenvalue weighted by Crippen LogP contribution is -2.48. The SMILES string of the molecule is CSCCN(C)C(=O)NC(Cc1ccccc1)C(=O)O. The lowest BCUT2D eigenvalue weighted by atomic mass is 10.1. The molecule has 20 heavy (non-hydrogen) atoms. The number of nitrogens with zero attached hydrogens (tertiary/aromatic N) is 1. The van der Waals surface area contributed by atoms with E-state index < -0.39 is 12.0 Å². The van der Waals surface area contributed by atoms with Crippen LogP contribution in [0.5, 0.6) is 0 Å². The topological polar surface area (TPSA) is 69.6 Å². The minimum Gasteiger partial charge on any atom is -0.480 e. The largest absolute Gasteiger partial charge is 0.480 e. The van der Waals surface area contributed by atoms with Gasteiger partial charge in [0.1, 0.15) is 6.04 Å². The van der Waals surface area contributed by atoms with Gasteiger partial charge in [0.15, 0.2) is 0 Å². The van der Waals surface area contributed by atoms with E-state index >= 15 is 0 Å². The van der Waals surface area contributed by atoms with E-state index in [1.807, 2.05) is 36.6 Å². The van der Waals surface area contributed by atoms with Crippen LogP contribution >= 0.6 is 11.8 Å². The molecule has 0 saturated carbocycles. The number of aliphatic carboxylic acids is 1. The van der Waals surface area contributed by atoms with Gasteiger partial charge in [-0.1, -0.05) is 30.3 Å². The quantitative estimate of drug-likeness (QED) is 0.803. The van der Waals surface area contributed by atoms with Gasteiger partial charge in [-0.15, -0.1) is 0 Å². The molecule has 0 aliphatic carbocycles. The highest BCUT2D eigenvalue weighted by Gasteiger charge is 2.21. The maximum absolute atomic E-state index is 11.9. The minimum atomic E-state index is -1.03. The van der Waals surface area contributed by atoms with E-state index in [0.717, 1.165) is 11.3 Å². The molecule has 6 heteroatoms. The molecule has 2 amide bonds. The Morgan fingerprint density at radius 1 is 1.35 bits per heavy atom. The van der Waals surface area contributed by atoms with Gasteiger partial charge in [0.2, 0.25) is 0 Å². The van der Waals surface area contributed by atoms with E-state index in [1.165, 1.54) is 4.90 Å². The lowest BCUT2D eigenvalue weighted by molar-refractivity contribution is -0.139. The number of carboxylic acids is 1. The second-order valence-corrected chi connectivity index (χ2v) is 5.43. The number of amides is 2. The summed E-state index contributed by atoms with van der Waals surface area (Å²) in [5, 5.41) is 11.8. The van der Waals surface area contributed by atoms with Crippen LogP contribution < -0.4 is 5.32 Å². The number of thioether (sulfide) groups is 1. The average Bonchev–Trinajstić information content (AvgIpc) is 2.44. The zero-order valence-electron chi connectivity index (χ0n) is 11.7. The normalized spacial score (nSPS) is 11.7. The summed E-state index contributed by atoms with van der Waals surface area (Å²) in [6, 6.07) is 7.98. The van der Waals surface area contributed by atoms with Crippen LogP contribution in [0.1, 0.15) is 5.56 Å². The molecule has 0 bridgehead atoms. The fourth-order valence-corrected chi connectivity index (χ4v) is 2.10. The van der Waals surface area contributed by atoms with Crippen LogP contribution in [0.2, 0.25) is 0 Å². The summed E-state index contributed by atoms with van der Waals surface area (Å²) in [7, 11) is 1.66. The third kappa shape index (κ3) is 5.52. The van der Waals surface area contributed by atoms with E-state index in [-0.39, 0.29) is 12.5 Å². The van der Waals surface area contributed by atoms with Crippen LogP contribution in [0.15, 0.2) is 30.3 Å². The summed E-state index contributed by atoms with van der Waals surface area (Å²) in [5.74, 6) is -0.208. The van der Waals surface area contributed by atoms with Gasteiger partial charge in [-0.05, 0) is 11.8 Å². The van der Waals surface area contributed by atoms with Crippen molar-refractivity contribution < 1.29 is 14.7 Å². The van der Waals surface area contributed by atoms with E-state index in [9.17, 15) is 14.7 Å². The Labute approximate surface area is 123 Å². The fraction of sp³-hybridized carbons (Fsp3) is 0.429. The van der Waals surface area contributed by atoms with Gasteiger partial charge in [0.25, 0.3) is 0 Å². The standard InChI is InChI=1S/C14H20N2O3S/c1-16(8-9-20-2)14(19)15-12(13(17)18)10-11-6-4-3-5-7-11/h3-7,12H,8-10H2,1-2H3,(H,15,19)(H,17,18). The van der Waals surface area contributed by atoms with Crippen molar-refractivity contribution >= 4 is 23.8 Å². The third-order valence-corrected chi connectivity index (χ3v) is 3.45. The molecule has 1 aromatic carbocycles. The zero-order valence-corrected chi connectivity index (χ0v) is 12.5. The monoisotopic (exact) mass is 296 g/mol. The molecule has 0 aliphatic rings. The first-order valence-electron chi connectivity index (χ1n) is 6.32. The minimum absolute atomic E-state index is 0.276. The first kappa shape index (κ1) is 16.4. The van der Waals surface area contributed by atoms with Crippen molar-refractivity contribution in [3.8, 4) is 0 Å². The molecule has 1 rings (SSSR count). The molecule has 0 fully saturated rings. The average molecular weight is 296 g/mol. The number of hydrogen-bond acceptors (Lipinski definition) is 3. The van der Waals surface area contributed by atoms with Gasteiger partial charge in [-0.3, -0.25) is 0 Å². The fourth-order valence-electron chi connectivity index (χ4n) is 1.64. The molecule has 1 aromatic rings. The molecule has 0 aromatic heterocycles. The van der Waals surface area contributed by atoms with Crippen molar-refractivity contribution in [3.05, 3.63) is 35.9 Å². The van der Waals surface area contributed by atoms with Gasteiger partial charge in [0.05, 0.1) is 0 Å². The second-order valence-electron chi connectivity index (χ2n) is 4.44. The van der Waals surface area contributed by atoms with Crippen molar-refractivity contribution in [2.45, 2.75) is 12.5 Å². The van der Waals surface area contributed by atoms with E-state index in [0.29, 0.717) is 6.54 Å². The van der Waals surface area contributed by atoms with Crippen LogP contribution in [-0.2, 0) is 11.2 Å². The van der Waals surface area contributed by atoms with Gasteiger partial charge in [-0.2, -0.15) is 11.8 Å². The number of carbonyl (C=O) groups excluding carboxylic acids is 1. The maximum Gasteiger partial charge on any atom is 0.326 e. The lowest BCUT2D eigenvalue weighted by Gasteiger charge is -2.21. The van der Waals surface area contributed by atoms with Crippen LogP contribution in [0.25, 0.3) is 0 Å². The summed E-state index contributed by atoms with van der Waals surface area (Å²) in [5.41, 5.74) is 0.881. The predicted molar refractivity (Wildman–Crippen MR) is 81.1 cm³/mol. The van der Waals surface area contributed by atoms with Crippen LogP contribution in [0.4, 0.5) is 4.79 Å². The Kier molecular flexibility index (Phi) is 6.93. The summed E-state index contributed by atoms with van der Waals surface area (Å²) >= 11 is 1.64. The summed E-state index contributed by atoms with van der Waals surface area (Å²) < 4.78 is 0. The second kappa shape index (κ2) is 8.47. The van der Waals surface area contributed by atoms with Crippen LogP contribution in [0.3, 0.4) is 0 Å². The molecule has 0 radical (unpaired) electrons. The number of rotatable bonds is 7. The number of carboxylic acid groups (broad SMARTS) is 1. The smallest absolute Gasteiger partial charge is 0.326 e. The van der Waals surface area contributed by atoms with Crippen molar-refractivity contribution in [1.82, 2.24) is 10.2 Å². The number of carbonyl (C=O) groups is 2. The number of hydrogen-bond donors (Lipinski definition) is 2. The number of benzene rings is 1. The Hall–Kier alpha value is -1.69. The Morgan fingerprint density at radius 2 is 2.00 bits per heavy atom. The van der Waals surface area contributed by atoms with Crippen LogP contribution in [0, 0.1) is 0 Å². The molecule has 110 valence electrons. The van der Waals surface area contributed by atoms with E-state index in [4.69, 9.17) is 0 Å². The van der Waals surface area contributed by atoms with E-state index in [1.54, 1.807) is 18.8 Å². The summed E-state index contributed by atoms with van der Waals surface area (Å²) in [6.45, 7) is 0.588. The maximum atomic E-state index is 11.9. The Balaban J connectivity index is 2.59. The first-order valence-corrected chi connectivity index (χ1v) is 7.71. The molecular weight excluding hydrogens is 276 g/mol. The zero-order chi connectivity index (χ0) is 15.0. The molecule has 1 unspecified atom stereocenters. The van der Waals surface area contributed by atoms with Crippen molar-refractivity contribution in [2.75, 3.05) is 25.6 Å². The van der Waals surface area contributed by atoms with Gasteiger partial charge in [0, 0.05) is 25.8 Å².